The topological polar surface area (TPSA) is 123 Å². The average Bonchev–Trinajstić information content (AvgIpc) is 2.91. The summed E-state index contributed by atoms with van der Waals surface area (Å²) in [6.45, 7) is 1.61. The Morgan fingerprint density at radius 1 is 1.33 bits per heavy atom. The smallest absolute Gasteiger partial charge is 0.358 e. The third-order valence-corrected chi connectivity index (χ3v) is 3.07. The zero-order valence-electron chi connectivity index (χ0n) is 11.6. The quantitative estimate of drug-likeness (QED) is 0.705. The number of nitrogens with two attached hydrogens (primary N) is 1. The maximum absolute atomic E-state index is 11.8. The largest absolute Gasteiger partial charge is 0.476 e. The third kappa shape index (κ3) is 2.69. The minimum absolute atomic E-state index is 0.212. The first-order chi connectivity index (χ1) is 9.95. The molecule has 1 aromatic carbocycles. The fourth-order valence-electron chi connectivity index (χ4n) is 1.94. The number of aromatic carboxylic acids is 1. The Morgan fingerprint density at radius 2 is 1.95 bits per heavy atom. The molecule has 0 saturated heterocycles. The molecule has 2 rings (SSSR count). The molecule has 1 atom stereocenters. The van der Waals surface area contributed by atoms with Gasteiger partial charge in [-0.15, -0.1) is 5.10 Å². The van der Waals surface area contributed by atoms with Gasteiger partial charge in [0.25, 0.3) is 0 Å². The summed E-state index contributed by atoms with van der Waals surface area (Å²) in [4.78, 5) is 23.1. The van der Waals surface area contributed by atoms with Crippen molar-refractivity contribution in [2.75, 3.05) is 12.8 Å². The molecule has 2 aromatic rings. The summed E-state index contributed by atoms with van der Waals surface area (Å²) in [5.74, 6) is -1.51. The molecule has 0 aliphatic heterocycles. The van der Waals surface area contributed by atoms with Gasteiger partial charge >= 0.3 is 5.97 Å². The number of amides is 1. The second-order valence-corrected chi connectivity index (χ2v) is 4.45. The summed E-state index contributed by atoms with van der Waals surface area (Å²) in [7, 11) is 1.50. The van der Waals surface area contributed by atoms with Crippen LogP contribution >= 0.6 is 0 Å². The van der Waals surface area contributed by atoms with E-state index in [1.807, 2.05) is 0 Å². The van der Waals surface area contributed by atoms with Gasteiger partial charge in [-0.3, -0.25) is 4.79 Å². The Balaban J connectivity index is 2.60. The highest BCUT2D eigenvalue weighted by Gasteiger charge is 2.25. The number of hydrogen-bond acceptors (Lipinski definition) is 5. The molecule has 4 N–H and O–H groups in total. The minimum atomic E-state index is -1.21. The van der Waals surface area contributed by atoms with Crippen LogP contribution in [-0.2, 0) is 4.79 Å². The molecule has 0 radical (unpaired) electrons. The Morgan fingerprint density at radius 3 is 2.48 bits per heavy atom. The third-order valence-electron chi connectivity index (χ3n) is 3.07. The lowest BCUT2D eigenvalue weighted by Gasteiger charge is -2.13. The highest BCUT2D eigenvalue weighted by Crippen LogP contribution is 2.26. The van der Waals surface area contributed by atoms with E-state index in [1.165, 1.54) is 11.7 Å². The number of nitrogens with one attached hydrogen (secondary N) is 1. The highest BCUT2D eigenvalue weighted by molar-refractivity contribution is 5.93. The van der Waals surface area contributed by atoms with Crippen molar-refractivity contribution in [3.63, 3.8) is 0 Å². The van der Waals surface area contributed by atoms with Crippen LogP contribution < -0.4 is 11.1 Å². The highest BCUT2D eigenvalue weighted by atomic mass is 16.4. The van der Waals surface area contributed by atoms with Crippen molar-refractivity contribution in [2.45, 2.75) is 13.0 Å². The molecule has 8 heteroatoms. The van der Waals surface area contributed by atoms with E-state index in [4.69, 9.17) is 5.73 Å². The van der Waals surface area contributed by atoms with Crippen LogP contribution in [0.1, 0.15) is 23.5 Å². The monoisotopic (exact) mass is 289 g/mol. The molecule has 0 aliphatic rings. The predicted octanol–water partition coefficient (Wildman–Crippen LogP) is 0.532. The summed E-state index contributed by atoms with van der Waals surface area (Å²) < 4.78 is 1.29. The van der Waals surface area contributed by atoms with E-state index in [2.05, 4.69) is 15.6 Å². The van der Waals surface area contributed by atoms with Crippen LogP contribution in [0.5, 0.6) is 0 Å². The Hall–Kier alpha value is -2.90. The normalized spacial score (nSPS) is 11.9. The number of likely N-dealkylation sites (N-methyl/N-ethyl adjacent to an activating group) is 1. The molecule has 0 bridgehead atoms. The van der Waals surface area contributed by atoms with E-state index in [9.17, 15) is 14.7 Å². The predicted molar refractivity (Wildman–Crippen MR) is 75.6 cm³/mol. The van der Waals surface area contributed by atoms with E-state index in [0.717, 1.165) is 0 Å². The van der Waals surface area contributed by atoms with Crippen molar-refractivity contribution in [1.29, 1.82) is 0 Å². The van der Waals surface area contributed by atoms with Gasteiger partial charge in [0.2, 0.25) is 5.91 Å². The van der Waals surface area contributed by atoms with Gasteiger partial charge in [-0.05, 0) is 19.1 Å². The zero-order chi connectivity index (χ0) is 15.6. The zero-order valence-corrected chi connectivity index (χ0v) is 11.6. The van der Waals surface area contributed by atoms with E-state index in [-0.39, 0.29) is 17.3 Å². The first-order valence-corrected chi connectivity index (χ1v) is 6.21. The van der Waals surface area contributed by atoms with Crippen molar-refractivity contribution in [3.8, 4) is 11.3 Å². The number of rotatable bonds is 4. The van der Waals surface area contributed by atoms with Crippen LogP contribution in [0, 0.1) is 0 Å². The minimum Gasteiger partial charge on any atom is -0.476 e. The van der Waals surface area contributed by atoms with Gasteiger partial charge in [0.1, 0.15) is 11.7 Å². The van der Waals surface area contributed by atoms with Crippen molar-refractivity contribution >= 4 is 17.6 Å². The fourth-order valence-corrected chi connectivity index (χ4v) is 1.94. The molecule has 0 saturated carbocycles. The number of carboxylic acid groups (broad SMARTS) is 1. The number of hydrogen-bond donors (Lipinski definition) is 3. The van der Waals surface area contributed by atoms with Gasteiger partial charge in [-0.2, -0.15) is 0 Å². The van der Waals surface area contributed by atoms with E-state index < -0.39 is 12.0 Å². The van der Waals surface area contributed by atoms with Crippen molar-refractivity contribution in [2.24, 2.45) is 0 Å². The SMILES string of the molecule is CNC(=O)C(C)n1nnc(C(=O)O)c1-c1ccc(N)cc1. The number of anilines is 1. The van der Waals surface area contributed by atoms with Gasteiger partial charge in [0.15, 0.2) is 5.69 Å². The molecule has 1 heterocycles. The van der Waals surface area contributed by atoms with Gasteiger partial charge in [0.05, 0.1) is 0 Å². The molecule has 0 fully saturated rings. The van der Waals surface area contributed by atoms with Gasteiger partial charge < -0.3 is 16.2 Å². The summed E-state index contributed by atoms with van der Waals surface area (Å²) in [5, 5.41) is 19.2. The second kappa shape index (κ2) is 5.61. The number of carboxylic acids is 1. The number of nitrogens with zero attached hydrogens (tertiary/aromatic N) is 3. The van der Waals surface area contributed by atoms with Crippen LogP contribution in [0.15, 0.2) is 24.3 Å². The lowest BCUT2D eigenvalue weighted by molar-refractivity contribution is -0.123. The van der Waals surface area contributed by atoms with Crippen LogP contribution in [0.25, 0.3) is 11.3 Å². The van der Waals surface area contributed by atoms with Gasteiger partial charge in [-0.25, -0.2) is 9.48 Å². The Bertz CT molecular complexity index is 678. The first kappa shape index (κ1) is 14.5. The molecular formula is C13H15N5O3. The molecule has 0 aliphatic carbocycles. The molecular weight excluding hydrogens is 274 g/mol. The van der Waals surface area contributed by atoms with Crippen LogP contribution in [0.2, 0.25) is 0 Å². The maximum Gasteiger partial charge on any atom is 0.358 e. The van der Waals surface area contributed by atoms with E-state index in [1.54, 1.807) is 31.2 Å². The van der Waals surface area contributed by atoms with Crippen molar-refractivity contribution in [1.82, 2.24) is 20.3 Å². The van der Waals surface area contributed by atoms with Crippen molar-refractivity contribution < 1.29 is 14.7 Å². The summed E-state index contributed by atoms with van der Waals surface area (Å²) in [6, 6.07) is 5.91. The Kier molecular flexibility index (Phi) is 3.88. The summed E-state index contributed by atoms with van der Waals surface area (Å²) in [5.41, 5.74) is 6.80. The summed E-state index contributed by atoms with van der Waals surface area (Å²) in [6.07, 6.45) is 0. The van der Waals surface area contributed by atoms with Gasteiger partial charge in [-0.1, -0.05) is 17.3 Å². The molecule has 1 amide bonds. The number of nitrogen functional groups attached to an aromatic ring is 1. The lowest BCUT2D eigenvalue weighted by Crippen LogP contribution is -2.29. The molecule has 110 valence electrons. The number of carbonyl (C=O) groups is 2. The molecule has 21 heavy (non-hydrogen) atoms. The first-order valence-electron chi connectivity index (χ1n) is 6.21. The molecule has 1 aromatic heterocycles. The van der Waals surface area contributed by atoms with E-state index in [0.29, 0.717) is 11.3 Å². The van der Waals surface area contributed by atoms with Crippen LogP contribution in [0.4, 0.5) is 5.69 Å². The second-order valence-electron chi connectivity index (χ2n) is 4.45. The fraction of sp³-hybridized carbons (Fsp3) is 0.231. The number of carbonyl (C=O) groups excluding carboxylic acids is 1. The Labute approximate surface area is 120 Å². The standard InChI is InChI=1S/C13H15N5O3/c1-7(12(19)15-2)18-11(10(13(20)21)16-17-18)8-3-5-9(14)6-4-8/h3-7H,14H2,1-2H3,(H,15,19)(H,20,21). The maximum atomic E-state index is 11.8. The molecule has 1 unspecified atom stereocenters. The molecule has 8 nitrogen and oxygen atoms in total. The number of aromatic nitrogens is 3. The van der Waals surface area contributed by atoms with Gasteiger partial charge in [0, 0.05) is 18.3 Å². The van der Waals surface area contributed by atoms with Crippen LogP contribution in [0.3, 0.4) is 0 Å². The average molecular weight is 289 g/mol. The number of benzene rings is 1. The van der Waals surface area contributed by atoms with E-state index >= 15 is 0 Å². The molecule has 0 spiro atoms. The lowest BCUT2D eigenvalue weighted by atomic mass is 10.1. The van der Waals surface area contributed by atoms with Crippen LogP contribution in [-0.4, -0.2) is 39.0 Å². The van der Waals surface area contributed by atoms with Crippen molar-refractivity contribution in [3.05, 3.63) is 30.0 Å². The summed E-state index contributed by atoms with van der Waals surface area (Å²) >= 11 is 0.